The Morgan fingerprint density at radius 2 is 1.82 bits per heavy atom. The van der Waals surface area contributed by atoms with Crippen LogP contribution in [0, 0.1) is 11.3 Å². The van der Waals surface area contributed by atoms with Crippen LogP contribution in [0.2, 0.25) is 5.02 Å². The molecule has 1 aliphatic heterocycles. The van der Waals surface area contributed by atoms with Crippen LogP contribution < -0.4 is 5.32 Å². The predicted octanol–water partition coefficient (Wildman–Crippen LogP) is 5.77. The molecular weight excluding hydrogens is 388 g/mol. The number of benzene rings is 3. The van der Waals surface area contributed by atoms with Gasteiger partial charge in [0.1, 0.15) is 0 Å². The highest BCUT2D eigenvalue weighted by Crippen LogP contribution is 2.37. The molecular formula is C23H17ClN2OS. The van der Waals surface area contributed by atoms with Crippen molar-refractivity contribution in [2.24, 2.45) is 0 Å². The molecule has 1 aliphatic rings. The van der Waals surface area contributed by atoms with E-state index in [4.69, 9.17) is 11.6 Å². The molecule has 0 radical (unpaired) electrons. The number of fused-ring (bicyclic) bond motifs is 1. The van der Waals surface area contributed by atoms with E-state index >= 15 is 0 Å². The van der Waals surface area contributed by atoms with Gasteiger partial charge in [0.25, 0.3) is 0 Å². The Morgan fingerprint density at radius 3 is 2.61 bits per heavy atom. The number of hydrogen-bond acceptors (Lipinski definition) is 3. The van der Waals surface area contributed by atoms with Gasteiger partial charge in [-0.2, -0.15) is 5.26 Å². The highest BCUT2D eigenvalue weighted by atomic mass is 35.5. The maximum Gasteiger partial charge on any atom is 0.225 e. The summed E-state index contributed by atoms with van der Waals surface area (Å²) in [5, 5.41) is 16.4. The molecule has 1 amide bonds. The number of nitrogens with one attached hydrogen (secondary N) is 1. The summed E-state index contributed by atoms with van der Waals surface area (Å²) < 4.78 is 0. The Morgan fingerprint density at radius 1 is 1.07 bits per heavy atom. The van der Waals surface area contributed by atoms with Crippen LogP contribution in [-0.4, -0.2) is 5.91 Å². The monoisotopic (exact) mass is 404 g/mol. The fourth-order valence-corrected chi connectivity index (χ4v) is 4.69. The first-order chi connectivity index (χ1) is 13.7. The van der Waals surface area contributed by atoms with Gasteiger partial charge in [0, 0.05) is 23.1 Å². The molecule has 0 fully saturated rings. The molecule has 3 nitrogen and oxygen atoms in total. The summed E-state index contributed by atoms with van der Waals surface area (Å²) in [6.45, 7) is 0. The summed E-state index contributed by atoms with van der Waals surface area (Å²) in [4.78, 5) is 12.3. The van der Waals surface area contributed by atoms with E-state index in [1.807, 2.05) is 30.3 Å². The molecule has 0 bridgehead atoms. The maximum atomic E-state index is 12.3. The van der Waals surface area contributed by atoms with Crippen molar-refractivity contribution in [3.63, 3.8) is 0 Å². The molecule has 0 spiro atoms. The number of carbonyl (C=O) groups excluding carboxylic acids is 1. The number of nitrogens with zero attached hydrogens (tertiary/aromatic N) is 1. The lowest BCUT2D eigenvalue weighted by atomic mass is 9.87. The molecule has 4 rings (SSSR count). The van der Waals surface area contributed by atoms with Gasteiger partial charge in [-0.15, -0.1) is 11.8 Å². The Bertz CT molecular complexity index is 1110. The van der Waals surface area contributed by atoms with Crippen LogP contribution in [0.1, 0.15) is 23.5 Å². The SMILES string of the molecule is N#CC1=C(SCc2cccc3ccccc23)NC(=O)C[C@H]1c1ccc(Cl)cc1. The smallest absolute Gasteiger partial charge is 0.225 e. The number of nitriles is 1. The second kappa shape index (κ2) is 8.10. The van der Waals surface area contributed by atoms with Crippen molar-refractivity contribution in [2.75, 3.05) is 0 Å². The van der Waals surface area contributed by atoms with Crippen LogP contribution in [-0.2, 0) is 10.5 Å². The maximum absolute atomic E-state index is 12.3. The highest BCUT2D eigenvalue weighted by Gasteiger charge is 2.29. The van der Waals surface area contributed by atoms with E-state index in [0.29, 0.717) is 21.4 Å². The van der Waals surface area contributed by atoms with Crippen molar-refractivity contribution in [1.29, 1.82) is 5.26 Å². The molecule has 0 aromatic heterocycles. The molecule has 5 heteroatoms. The Labute approximate surface area is 173 Å². The van der Waals surface area contributed by atoms with Gasteiger partial charge in [-0.25, -0.2) is 0 Å². The second-order valence-corrected chi connectivity index (χ2v) is 8.06. The molecule has 0 saturated carbocycles. The van der Waals surface area contributed by atoms with E-state index in [0.717, 1.165) is 5.56 Å². The van der Waals surface area contributed by atoms with Crippen LogP contribution in [0.15, 0.2) is 77.3 Å². The second-order valence-electron chi connectivity index (χ2n) is 6.64. The summed E-state index contributed by atoms with van der Waals surface area (Å²) in [6.07, 6.45) is 0.267. The van der Waals surface area contributed by atoms with E-state index in [-0.39, 0.29) is 18.2 Å². The van der Waals surface area contributed by atoms with E-state index in [9.17, 15) is 10.1 Å². The molecule has 0 unspecified atom stereocenters. The normalized spacial score (nSPS) is 16.7. The molecule has 1 N–H and O–H groups in total. The standard InChI is InChI=1S/C23H17ClN2OS/c24-18-10-8-16(9-11-18)20-12-22(27)26-23(21(20)13-25)28-14-17-6-3-5-15-4-1-2-7-19(15)17/h1-11,20H,12,14H2,(H,26,27)/t20-/m0/s1. The van der Waals surface area contributed by atoms with Crippen LogP contribution in [0.3, 0.4) is 0 Å². The fraction of sp³-hybridized carbons (Fsp3) is 0.130. The molecule has 3 aromatic carbocycles. The third-order valence-corrected chi connectivity index (χ3v) is 6.20. The van der Waals surface area contributed by atoms with Crippen LogP contribution in [0.5, 0.6) is 0 Å². The summed E-state index contributed by atoms with van der Waals surface area (Å²) in [5.41, 5.74) is 2.71. The highest BCUT2D eigenvalue weighted by molar-refractivity contribution is 8.02. The molecule has 3 aromatic rings. The van der Waals surface area contributed by atoms with E-state index in [1.54, 1.807) is 12.1 Å². The van der Waals surface area contributed by atoms with Gasteiger partial charge in [-0.1, -0.05) is 66.2 Å². The third kappa shape index (κ3) is 3.77. The van der Waals surface area contributed by atoms with E-state index < -0.39 is 0 Å². The first-order valence-corrected chi connectivity index (χ1v) is 10.3. The first-order valence-electron chi connectivity index (χ1n) is 8.94. The quantitative estimate of drug-likeness (QED) is 0.600. The average Bonchev–Trinajstić information content (AvgIpc) is 2.72. The van der Waals surface area contributed by atoms with Crippen molar-refractivity contribution >= 4 is 40.0 Å². The van der Waals surface area contributed by atoms with Gasteiger partial charge in [-0.05, 0) is 34.0 Å². The van der Waals surface area contributed by atoms with Gasteiger partial charge in [0.15, 0.2) is 0 Å². The van der Waals surface area contributed by atoms with Crippen molar-refractivity contribution in [3.05, 3.63) is 93.5 Å². The Hall–Kier alpha value is -2.74. The molecule has 1 heterocycles. The van der Waals surface area contributed by atoms with Crippen molar-refractivity contribution < 1.29 is 4.79 Å². The Kier molecular flexibility index (Phi) is 5.38. The number of rotatable bonds is 4. The van der Waals surface area contributed by atoms with Crippen molar-refractivity contribution in [1.82, 2.24) is 5.32 Å². The van der Waals surface area contributed by atoms with Crippen LogP contribution >= 0.6 is 23.4 Å². The van der Waals surface area contributed by atoms with Crippen LogP contribution in [0.4, 0.5) is 0 Å². The summed E-state index contributed by atoms with van der Waals surface area (Å²) >= 11 is 7.49. The number of hydrogen-bond donors (Lipinski definition) is 1. The number of allylic oxidation sites excluding steroid dienone is 1. The van der Waals surface area contributed by atoms with Crippen molar-refractivity contribution in [2.45, 2.75) is 18.1 Å². The van der Waals surface area contributed by atoms with Gasteiger partial charge >= 0.3 is 0 Å². The number of thioether (sulfide) groups is 1. The van der Waals surface area contributed by atoms with Gasteiger partial charge in [0.2, 0.25) is 5.91 Å². The fourth-order valence-electron chi connectivity index (χ4n) is 3.48. The zero-order valence-electron chi connectivity index (χ0n) is 15.0. The lowest BCUT2D eigenvalue weighted by molar-refractivity contribution is -0.120. The minimum absolute atomic E-state index is 0.0700. The molecule has 0 saturated heterocycles. The Balaban J connectivity index is 1.65. The molecule has 138 valence electrons. The predicted molar refractivity (Wildman–Crippen MR) is 115 cm³/mol. The molecule has 28 heavy (non-hydrogen) atoms. The number of halogens is 1. The molecule has 1 atom stereocenters. The number of carbonyl (C=O) groups is 1. The van der Waals surface area contributed by atoms with Crippen LogP contribution in [0.25, 0.3) is 10.8 Å². The average molecular weight is 405 g/mol. The minimum atomic E-state index is -0.244. The largest absolute Gasteiger partial charge is 0.320 e. The zero-order chi connectivity index (χ0) is 19.5. The summed E-state index contributed by atoms with van der Waals surface area (Å²) in [6, 6.07) is 24.1. The van der Waals surface area contributed by atoms with E-state index in [2.05, 4.69) is 35.7 Å². The summed E-state index contributed by atoms with van der Waals surface area (Å²) in [5.74, 6) is 0.362. The van der Waals surface area contributed by atoms with Gasteiger partial charge < -0.3 is 5.32 Å². The lowest BCUT2D eigenvalue weighted by Gasteiger charge is -2.25. The lowest BCUT2D eigenvalue weighted by Crippen LogP contribution is -2.30. The molecule has 0 aliphatic carbocycles. The first kappa shape index (κ1) is 18.6. The van der Waals surface area contributed by atoms with Gasteiger partial charge in [-0.3, -0.25) is 4.79 Å². The third-order valence-electron chi connectivity index (χ3n) is 4.88. The summed E-state index contributed by atoms with van der Waals surface area (Å²) in [7, 11) is 0. The van der Waals surface area contributed by atoms with E-state index in [1.165, 1.54) is 28.1 Å². The number of amides is 1. The van der Waals surface area contributed by atoms with Crippen molar-refractivity contribution in [3.8, 4) is 6.07 Å². The zero-order valence-corrected chi connectivity index (χ0v) is 16.6. The topological polar surface area (TPSA) is 52.9 Å². The van der Waals surface area contributed by atoms with Gasteiger partial charge in [0.05, 0.1) is 16.7 Å². The minimum Gasteiger partial charge on any atom is -0.320 e.